The van der Waals surface area contributed by atoms with E-state index in [4.69, 9.17) is 11.0 Å². The second kappa shape index (κ2) is 5.15. The molecule has 0 aliphatic carbocycles. The molecule has 0 saturated heterocycles. The van der Waals surface area contributed by atoms with Gasteiger partial charge in [0.05, 0.1) is 11.3 Å². The van der Waals surface area contributed by atoms with Crippen molar-refractivity contribution in [2.24, 2.45) is 5.41 Å². The van der Waals surface area contributed by atoms with E-state index in [0.29, 0.717) is 11.3 Å². The highest BCUT2D eigenvalue weighted by molar-refractivity contribution is 5.97. The molecule has 0 bridgehead atoms. The molecular weight excluding hydrogens is 240 g/mol. The highest BCUT2D eigenvalue weighted by Gasteiger charge is 2.24. The highest BCUT2D eigenvalue weighted by atomic mass is 16.4. The van der Waals surface area contributed by atoms with E-state index in [1.807, 2.05) is 26.8 Å². The molecule has 0 amide bonds. The molecule has 0 aliphatic heterocycles. The van der Waals surface area contributed by atoms with Gasteiger partial charge in [0.25, 0.3) is 0 Å². The van der Waals surface area contributed by atoms with Gasteiger partial charge in [0, 0.05) is 5.57 Å². The molecule has 0 heterocycles. The fourth-order valence-corrected chi connectivity index (χ4v) is 2.14. The van der Waals surface area contributed by atoms with Gasteiger partial charge in [-0.05, 0) is 35.6 Å². The molecule has 0 saturated carbocycles. The van der Waals surface area contributed by atoms with Crippen molar-refractivity contribution in [2.75, 3.05) is 5.73 Å². The maximum atomic E-state index is 11.2. The monoisotopic (exact) mass is 258 g/mol. The predicted molar refractivity (Wildman–Crippen MR) is 75.3 cm³/mol. The van der Waals surface area contributed by atoms with Gasteiger partial charge in [-0.25, -0.2) is 4.79 Å². The molecule has 19 heavy (non-hydrogen) atoms. The van der Waals surface area contributed by atoms with Gasteiger partial charge in [-0.15, -0.1) is 0 Å². The number of nitrogens with two attached hydrogens (primary N) is 1. The van der Waals surface area contributed by atoms with Crippen LogP contribution in [0.2, 0.25) is 0 Å². The van der Waals surface area contributed by atoms with Crippen molar-refractivity contribution in [3.05, 3.63) is 34.9 Å². The summed E-state index contributed by atoms with van der Waals surface area (Å²) in [6.07, 6.45) is 0. The largest absolute Gasteiger partial charge is 0.478 e. The first kappa shape index (κ1) is 14.8. The molecule has 0 aromatic heterocycles. The van der Waals surface area contributed by atoms with Gasteiger partial charge in [-0.2, -0.15) is 5.26 Å². The number of hydrogen-bond donors (Lipinski definition) is 2. The average molecular weight is 258 g/mol. The summed E-state index contributed by atoms with van der Waals surface area (Å²) in [6, 6.07) is 7.01. The van der Waals surface area contributed by atoms with Gasteiger partial charge in [-0.3, -0.25) is 0 Å². The fraction of sp³-hybridized carbons (Fsp3) is 0.333. The molecule has 4 heteroatoms. The molecule has 0 aliphatic rings. The summed E-state index contributed by atoms with van der Waals surface area (Å²) in [7, 11) is 0. The van der Waals surface area contributed by atoms with Crippen molar-refractivity contribution in [1.82, 2.24) is 0 Å². The van der Waals surface area contributed by atoms with Gasteiger partial charge in [0.15, 0.2) is 0 Å². The zero-order chi connectivity index (χ0) is 14.8. The normalized spacial score (nSPS) is 12.6. The summed E-state index contributed by atoms with van der Waals surface area (Å²) >= 11 is 0. The van der Waals surface area contributed by atoms with Crippen LogP contribution in [-0.2, 0) is 4.79 Å². The number of nitriles is 1. The zero-order valence-electron chi connectivity index (χ0n) is 11.6. The van der Waals surface area contributed by atoms with E-state index in [0.717, 1.165) is 11.1 Å². The molecular formula is C15H18N2O2. The Labute approximate surface area is 113 Å². The first-order valence-electron chi connectivity index (χ1n) is 5.93. The average Bonchev–Trinajstić information content (AvgIpc) is 2.27. The predicted octanol–water partition coefficient (Wildman–Crippen LogP) is 3.04. The van der Waals surface area contributed by atoms with Crippen LogP contribution in [0.15, 0.2) is 23.8 Å². The van der Waals surface area contributed by atoms with Gasteiger partial charge in [0.2, 0.25) is 0 Å². The lowest BCUT2D eigenvalue weighted by Crippen LogP contribution is -2.14. The molecule has 0 radical (unpaired) electrons. The second-order valence-electron chi connectivity index (χ2n) is 5.47. The molecule has 0 atom stereocenters. The summed E-state index contributed by atoms with van der Waals surface area (Å²) in [5.41, 5.74) is 7.97. The highest BCUT2D eigenvalue weighted by Crippen LogP contribution is 2.37. The summed E-state index contributed by atoms with van der Waals surface area (Å²) in [6.45, 7) is 7.42. The SMILES string of the molecule is CC(C(=O)O)=C(c1ccc(C#N)c(N)c1)C(C)(C)C. The summed E-state index contributed by atoms with van der Waals surface area (Å²) in [5.74, 6) is -0.951. The van der Waals surface area contributed by atoms with Crippen molar-refractivity contribution in [3.63, 3.8) is 0 Å². The number of rotatable bonds is 2. The first-order valence-corrected chi connectivity index (χ1v) is 5.93. The van der Waals surface area contributed by atoms with E-state index in [-0.39, 0.29) is 11.0 Å². The number of hydrogen-bond acceptors (Lipinski definition) is 3. The number of nitrogen functional groups attached to an aromatic ring is 1. The molecule has 4 nitrogen and oxygen atoms in total. The van der Waals surface area contributed by atoms with Gasteiger partial charge < -0.3 is 10.8 Å². The van der Waals surface area contributed by atoms with Gasteiger partial charge in [0.1, 0.15) is 6.07 Å². The Bertz CT molecular complexity index is 587. The zero-order valence-corrected chi connectivity index (χ0v) is 11.6. The number of carbonyl (C=O) groups is 1. The van der Waals surface area contributed by atoms with Crippen LogP contribution in [0.25, 0.3) is 5.57 Å². The third kappa shape index (κ3) is 3.14. The van der Waals surface area contributed by atoms with E-state index in [9.17, 15) is 9.90 Å². The smallest absolute Gasteiger partial charge is 0.331 e. The van der Waals surface area contributed by atoms with Crippen molar-refractivity contribution in [2.45, 2.75) is 27.7 Å². The maximum Gasteiger partial charge on any atom is 0.331 e. The minimum absolute atomic E-state index is 0.289. The third-order valence-corrected chi connectivity index (χ3v) is 2.91. The summed E-state index contributed by atoms with van der Waals surface area (Å²) in [4.78, 5) is 11.2. The Hall–Kier alpha value is -2.28. The lowest BCUT2D eigenvalue weighted by molar-refractivity contribution is -0.132. The van der Waals surface area contributed by atoms with Crippen LogP contribution in [0.1, 0.15) is 38.8 Å². The number of nitrogens with zero attached hydrogens (tertiary/aromatic N) is 1. The number of carboxylic acids is 1. The van der Waals surface area contributed by atoms with Crippen molar-refractivity contribution in [1.29, 1.82) is 5.26 Å². The van der Waals surface area contributed by atoms with Crippen LogP contribution in [-0.4, -0.2) is 11.1 Å². The van der Waals surface area contributed by atoms with Gasteiger partial charge in [-0.1, -0.05) is 26.8 Å². The van der Waals surface area contributed by atoms with Crippen molar-refractivity contribution in [3.8, 4) is 6.07 Å². The second-order valence-corrected chi connectivity index (χ2v) is 5.47. The topological polar surface area (TPSA) is 87.1 Å². The van der Waals surface area contributed by atoms with E-state index in [2.05, 4.69) is 0 Å². The maximum absolute atomic E-state index is 11.2. The molecule has 0 spiro atoms. The number of aliphatic carboxylic acids is 1. The molecule has 0 fully saturated rings. The number of benzene rings is 1. The number of carboxylic acid groups (broad SMARTS) is 1. The third-order valence-electron chi connectivity index (χ3n) is 2.91. The van der Waals surface area contributed by atoms with Crippen molar-refractivity contribution >= 4 is 17.2 Å². The first-order chi connectivity index (χ1) is 8.68. The fourth-order valence-electron chi connectivity index (χ4n) is 2.14. The Morgan fingerprint density at radius 3 is 2.32 bits per heavy atom. The van der Waals surface area contributed by atoms with Crippen molar-refractivity contribution < 1.29 is 9.90 Å². The summed E-state index contributed by atoms with van der Waals surface area (Å²) < 4.78 is 0. The van der Waals surface area contributed by atoms with Crippen LogP contribution in [0, 0.1) is 16.7 Å². The van der Waals surface area contributed by atoms with Crippen LogP contribution in [0.5, 0.6) is 0 Å². The molecule has 1 rings (SSSR count). The van der Waals surface area contributed by atoms with Gasteiger partial charge >= 0.3 is 5.97 Å². The Morgan fingerprint density at radius 2 is 1.95 bits per heavy atom. The minimum Gasteiger partial charge on any atom is -0.478 e. The molecule has 100 valence electrons. The minimum atomic E-state index is -0.951. The Balaban J connectivity index is 3.54. The van der Waals surface area contributed by atoms with E-state index >= 15 is 0 Å². The van der Waals surface area contributed by atoms with Crippen LogP contribution >= 0.6 is 0 Å². The molecule has 3 N–H and O–H groups in total. The van der Waals surface area contributed by atoms with E-state index in [1.54, 1.807) is 25.1 Å². The molecule has 0 unspecified atom stereocenters. The van der Waals surface area contributed by atoms with E-state index < -0.39 is 5.97 Å². The lowest BCUT2D eigenvalue weighted by Gasteiger charge is -2.25. The van der Waals surface area contributed by atoms with Crippen LogP contribution < -0.4 is 5.73 Å². The lowest BCUT2D eigenvalue weighted by atomic mass is 9.79. The number of anilines is 1. The number of allylic oxidation sites excluding steroid dienone is 1. The quantitative estimate of drug-likeness (QED) is 0.630. The Kier molecular flexibility index (Phi) is 4.01. The molecule has 1 aromatic rings. The Morgan fingerprint density at radius 1 is 1.37 bits per heavy atom. The summed E-state index contributed by atoms with van der Waals surface area (Å²) in [5, 5.41) is 18.1. The van der Waals surface area contributed by atoms with E-state index in [1.165, 1.54) is 0 Å². The molecule has 1 aromatic carbocycles. The van der Waals surface area contributed by atoms with Crippen LogP contribution in [0.3, 0.4) is 0 Å². The standard InChI is InChI=1S/C15H18N2O2/c1-9(14(18)19)13(15(2,3)4)10-5-6-11(8-16)12(17)7-10/h5-7H,17H2,1-4H3,(H,18,19). The van der Waals surface area contributed by atoms with Crippen LogP contribution in [0.4, 0.5) is 5.69 Å².